The van der Waals surface area contributed by atoms with Crippen molar-refractivity contribution < 1.29 is 29.4 Å². The van der Waals surface area contributed by atoms with Crippen LogP contribution in [0, 0.1) is 0 Å². The summed E-state index contributed by atoms with van der Waals surface area (Å²) in [4.78, 5) is 0. The van der Waals surface area contributed by atoms with Crippen molar-refractivity contribution in [3.63, 3.8) is 0 Å². The van der Waals surface area contributed by atoms with Gasteiger partial charge in [0.25, 0.3) is 0 Å². The van der Waals surface area contributed by atoms with Crippen molar-refractivity contribution in [2.45, 2.75) is 0 Å². The zero-order chi connectivity index (χ0) is 43.2. The van der Waals surface area contributed by atoms with E-state index in [9.17, 15) is 8.22 Å². The number of furan rings is 2. The van der Waals surface area contributed by atoms with Crippen molar-refractivity contribution in [1.29, 1.82) is 0 Å². The van der Waals surface area contributed by atoms with Gasteiger partial charge in [-0.3, -0.25) is 0 Å². The maximum absolute atomic E-state index is 9.45. The SMILES string of the molecule is [2H]c1c([2H])c([2H])c2c([2H])c(-c3c4c([2H])c([2H])c([2H])c([2H])c4c(-c4ccc5oc6ccc7oc(-c8ccccc8)cc7c6c5c4)c4c([2H])c([2H])c([2H])c([2H])c34)c([2H])c([2H])c2c1[2H]. The highest BCUT2D eigenvalue weighted by atomic mass is 16.3. The minimum atomic E-state index is -0.747. The summed E-state index contributed by atoms with van der Waals surface area (Å²) < 4.78 is 147. The fourth-order valence-electron chi connectivity index (χ4n) is 6.36. The minimum absolute atomic E-state index is 0.000193. The molecule has 10 aromatic rings. The molecule has 0 atom stereocenters. The van der Waals surface area contributed by atoms with E-state index in [0.717, 1.165) is 5.56 Å². The van der Waals surface area contributed by atoms with E-state index in [0.29, 0.717) is 38.7 Å². The molecule has 0 spiro atoms. The molecule has 2 aromatic heterocycles. The second-order valence-electron chi connectivity index (χ2n) is 10.9. The van der Waals surface area contributed by atoms with Gasteiger partial charge >= 0.3 is 0 Å². The van der Waals surface area contributed by atoms with Gasteiger partial charge in [0.2, 0.25) is 0 Å². The van der Waals surface area contributed by atoms with Crippen molar-refractivity contribution >= 4 is 65.2 Å². The van der Waals surface area contributed by atoms with E-state index in [1.54, 1.807) is 30.3 Å². The topological polar surface area (TPSA) is 26.3 Å². The molecular formula is C44H26O2. The Balaban J connectivity index is 1.42. The van der Waals surface area contributed by atoms with Gasteiger partial charge in [-0.25, -0.2) is 0 Å². The van der Waals surface area contributed by atoms with Crippen LogP contribution in [-0.4, -0.2) is 0 Å². The first kappa shape index (κ1) is 14.8. The van der Waals surface area contributed by atoms with Crippen LogP contribution in [0.5, 0.6) is 0 Å². The summed E-state index contributed by atoms with van der Waals surface area (Å²) in [5, 5.41) is 0.0494. The third-order valence-electron chi connectivity index (χ3n) is 8.35. The number of fused-ring (bicyclic) bond motifs is 8. The molecule has 0 aliphatic rings. The molecule has 0 saturated carbocycles. The Morgan fingerprint density at radius 3 is 1.74 bits per heavy atom. The maximum Gasteiger partial charge on any atom is 0.136 e. The van der Waals surface area contributed by atoms with Gasteiger partial charge in [0.1, 0.15) is 22.5 Å². The van der Waals surface area contributed by atoms with Gasteiger partial charge in [-0.05, 0) is 90.9 Å². The second-order valence-corrected chi connectivity index (χ2v) is 10.9. The molecule has 0 aliphatic carbocycles. The van der Waals surface area contributed by atoms with Gasteiger partial charge in [0.05, 0.1) is 20.6 Å². The lowest BCUT2D eigenvalue weighted by atomic mass is 9.85. The second kappa shape index (κ2) is 9.69. The highest BCUT2D eigenvalue weighted by Crippen LogP contribution is 2.46. The van der Waals surface area contributed by atoms with E-state index in [-0.39, 0.29) is 38.2 Å². The number of rotatable bonds is 3. The Labute approximate surface area is 285 Å². The third kappa shape index (κ3) is 3.71. The molecular weight excluding hydrogens is 560 g/mol. The summed E-state index contributed by atoms with van der Waals surface area (Å²) in [6.45, 7) is 0. The molecule has 8 aromatic carbocycles. The number of hydrogen-bond donors (Lipinski definition) is 0. The summed E-state index contributed by atoms with van der Waals surface area (Å²) in [6.07, 6.45) is 0. The molecule has 214 valence electrons. The molecule has 2 nitrogen and oxygen atoms in total. The van der Waals surface area contributed by atoms with Crippen LogP contribution in [0.1, 0.15) is 20.6 Å². The number of benzene rings is 8. The van der Waals surface area contributed by atoms with Crippen molar-refractivity contribution in [3.8, 4) is 33.6 Å². The van der Waals surface area contributed by atoms with E-state index >= 15 is 0 Å². The molecule has 0 saturated heterocycles. The van der Waals surface area contributed by atoms with Gasteiger partial charge in [0.15, 0.2) is 0 Å². The molecule has 10 rings (SSSR count). The first-order valence-corrected chi connectivity index (χ1v) is 14.5. The molecule has 0 aliphatic heterocycles. The monoisotopic (exact) mass is 601 g/mol. The summed E-state index contributed by atoms with van der Waals surface area (Å²) in [6, 6.07) is 9.79. The van der Waals surface area contributed by atoms with Gasteiger partial charge < -0.3 is 8.83 Å². The predicted octanol–water partition coefficient (Wildman–Crippen LogP) is 12.8. The summed E-state index contributed by atoms with van der Waals surface area (Å²) in [5.74, 6) is 0.607. The van der Waals surface area contributed by atoms with Gasteiger partial charge in [-0.2, -0.15) is 0 Å². The van der Waals surface area contributed by atoms with E-state index < -0.39 is 107 Å². The third-order valence-corrected chi connectivity index (χ3v) is 8.35. The van der Waals surface area contributed by atoms with Crippen molar-refractivity contribution in [2.75, 3.05) is 0 Å². The average molecular weight is 602 g/mol. The van der Waals surface area contributed by atoms with Crippen LogP contribution in [0.25, 0.3) is 98.8 Å². The molecule has 0 fully saturated rings. The lowest BCUT2D eigenvalue weighted by molar-refractivity contribution is 0.631. The van der Waals surface area contributed by atoms with E-state index in [2.05, 4.69) is 0 Å². The molecule has 0 N–H and O–H groups in total. The smallest absolute Gasteiger partial charge is 0.136 e. The standard InChI is InChI=1S/C44H26O2/c1-2-11-28(12-3-1)41-26-37-39(46-41)22-23-40-44(37)36-25-31(20-21-38(36)45-40)43-34-16-8-6-14-32(34)42(33-15-7-9-17-35(33)43)30-19-18-27-10-4-5-13-29(27)24-30/h1-26H/i4D,5D,6D,7D,8D,9D,10D,13D,14D,15D,16D,17D,18D,19D,24D. The van der Waals surface area contributed by atoms with E-state index in [1.165, 1.54) is 0 Å². The summed E-state index contributed by atoms with van der Waals surface area (Å²) in [7, 11) is 0. The normalized spacial score (nSPS) is 16.5. The Morgan fingerprint density at radius 2 is 1.00 bits per heavy atom. The van der Waals surface area contributed by atoms with Crippen LogP contribution >= 0.6 is 0 Å². The molecule has 46 heavy (non-hydrogen) atoms. The number of hydrogen-bond acceptors (Lipinski definition) is 2. The van der Waals surface area contributed by atoms with Gasteiger partial charge in [0, 0.05) is 21.7 Å². The fraction of sp³-hybridized carbons (Fsp3) is 0. The van der Waals surface area contributed by atoms with Crippen LogP contribution < -0.4 is 0 Å². The molecule has 2 heterocycles. The van der Waals surface area contributed by atoms with Crippen LogP contribution in [0.15, 0.2) is 166 Å². The largest absolute Gasteiger partial charge is 0.456 e. The molecule has 2 heteroatoms. The van der Waals surface area contributed by atoms with Crippen LogP contribution in [0.3, 0.4) is 0 Å². The quantitative estimate of drug-likeness (QED) is 0.188. The van der Waals surface area contributed by atoms with Crippen LogP contribution in [-0.2, 0) is 0 Å². The Hall–Kier alpha value is -6.12. The van der Waals surface area contributed by atoms with Gasteiger partial charge in [-0.1, -0.05) is 121 Å². The maximum atomic E-state index is 9.45. The zero-order valence-electron chi connectivity index (χ0n) is 38.7. The van der Waals surface area contributed by atoms with E-state index in [4.69, 9.17) is 21.2 Å². The lowest BCUT2D eigenvalue weighted by Gasteiger charge is -2.18. The minimum Gasteiger partial charge on any atom is -0.456 e. The fourth-order valence-corrected chi connectivity index (χ4v) is 6.36. The first-order valence-electron chi connectivity index (χ1n) is 22.0. The Morgan fingerprint density at radius 1 is 0.413 bits per heavy atom. The Kier molecular flexibility index (Phi) is 3.11. The van der Waals surface area contributed by atoms with Gasteiger partial charge in [-0.15, -0.1) is 0 Å². The van der Waals surface area contributed by atoms with Crippen molar-refractivity contribution in [2.24, 2.45) is 0 Å². The highest BCUT2D eigenvalue weighted by Gasteiger charge is 2.19. The van der Waals surface area contributed by atoms with Crippen LogP contribution in [0.2, 0.25) is 0 Å². The molecule has 0 unspecified atom stereocenters. The van der Waals surface area contributed by atoms with Crippen molar-refractivity contribution in [1.82, 2.24) is 0 Å². The molecule has 0 bridgehead atoms. The Bertz CT molecular complexity index is 3570. The van der Waals surface area contributed by atoms with Crippen LogP contribution in [0.4, 0.5) is 0 Å². The van der Waals surface area contributed by atoms with Crippen molar-refractivity contribution in [3.05, 3.63) is 157 Å². The molecule has 0 amide bonds. The molecule has 0 radical (unpaired) electrons. The first-order chi connectivity index (χ1) is 29.0. The lowest BCUT2D eigenvalue weighted by Crippen LogP contribution is -1.91. The summed E-state index contributed by atoms with van der Waals surface area (Å²) in [5.41, 5.74) is 1.76. The average Bonchev–Trinajstić information content (AvgIpc) is 3.87. The highest BCUT2D eigenvalue weighted by molar-refractivity contribution is 6.24. The van der Waals surface area contributed by atoms with E-state index in [1.807, 2.05) is 36.4 Å². The predicted molar refractivity (Wildman–Crippen MR) is 192 cm³/mol. The summed E-state index contributed by atoms with van der Waals surface area (Å²) >= 11 is 0. The zero-order valence-corrected chi connectivity index (χ0v) is 23.7.